The van der Waals surface area contributed by atoms with E-state index in [9.17, 15) is 8.78 Å². The molecule has 4 nitrogen and oxygen atoms in total. The topological polar surface area (TPSA) is 59.2 Å². The van der Waals surface area contributed by atoms with Gasteiger partial charge in [-0.3, -0.25) is 0 Å². The maximum atomic E-state index is 12.2. The van der Waals surface area contributed by atoms with E-state index in [1.807, 2.05) is 6.07 Å². The van der Waals surface area contributed by atoms with E-state index in [0.717, 1.165) is 5.56 Å². The molecule has 1 aromatic carbocycles. The van der Waals surface area contributed by atoms with Crippen molar-refractivity contribution in [2.75, 3.05) is 0 Å². The van der Waals surface area contributed by atoms with E-state index in [1.54, 1.807) is 18.2 Å². The maximum Gasteiger partial charge on any atom is 0.264 e. The minimum atomic E-state index is -2.83. The molecule has 0 amide bonds. The van der Waals surface area contributed by atoms with Crippen LogP contribution in [0.3, 0.4) is 0 Å². The van der Waals surface area contributed by atoms with Crippen LogP contribution >= 0.6 is 11.6 Å². The number of aromatic nitrogens is 2. The number of rotatable bonds is 5. The van der Waals surface area contributed by atoms with Gasteiger partial charge in [-0.05, 0) is 17.7 Å². The monoisotopic (exact) mass is 288 g/mol. The van der Waals surface area contributed by atoms with Crippen LogP contribution in [0.5, 0.6) is 0 Å². The summed E-state index contributed by atoms with van der Waals surface area (Å²) in [5.41, 5.74) is 0.884. The second-order valence-electron chi connectivity index (χ2n) is 4.02. The highest BCUT2D eigenvalue weighted by Crippen LogP contribution is 2.14. The molecule has 0 aliphatic rings. The molecular formula is C12H11ClF2N2O2. The van der Waals surface area contributed by atoms with Crippen LogP contribution < -0.4 is 0 Å². The lowest BCUT2D eigenvalue weighted by atomic mass is 10.1. The van der Waals surface area contributed by atoms with Crippen molar-refractivity contribution in [3.63, 3.8) is 0 Å². The van der Waals surface area contributed by atoms with Crippen LogP contribution in [0, 0.1) is 0 Å². The van der Waals surface area contributed by atoms with Gasteiger partial charge in [0.1, 0.15) is 6.10 Å². The Labute approximate surface area is 113 Å². The highest BCUT2D eigenvalue weighted by atomic mass is 35.5. The van der Waals surface area contributed by atoms with E-state index in [1.165, 1.54) is 0 Å². The van der Waals surface area contributed by atoms with Crippen molar-refractivity contribution in [2.45, 2.75) is 25.4 Å². The van der Waals surface area contributed by atoms with E-state index < -0.39 is 12.5 Å². The highest BCUT2D eigenvalue weighted by Gasteiger charge is 2.20. The molecule has 102 valence electrons. The van der Waals surface area contributed by atoms with Gasteiger partial charge in [0.25, 0.3) is 6.43 Å². The molecule has 0 aliphatic heterocycles. The third-order valence-corrected chi connectivity index (χ3v) is 2.67. The fourth-order valence-electron chi connectivity index (χ4n) is 1.54. The standard InChI is InChI=1S/C12H11ClF2N2O2/c13-8-3-1-2-7(4-8)5-10-16-11(19-17-10)6-9(18)12(14)15/h1-4,9,12,18H,5-6H2. The predicted octanol–water partition coefficient (Wildman–Crippen LogP) is 2.48. The van der Waals surface area contributed by atoms with Crippen LogP contribution in [0.4, 0.5) is 8.78 Å². The summed E-state index contributed by atoms with van der Waals surface area (Å²) in [5.74, 6) is 0.351. The average Bonchev–Trinajstić information content (AvgIpc) is 2.76. The lowest BCUT2D eigenvalue weighted by Crippen LogP contribution is -2.20. The Morgan fingerprint density at radius 2 is 2.16 bits per heavy atom. The van der Waals surface area contributed by atoms with E-state index in [0.29, 0.717) is 17.3 Å². The summed E-state index contributed by atoms with van der Waals surface area (Å²) in [6.07, 6.45) is -4.60. The van der Waals surface area contributed by atoms with Gasteiger partial charge in [0.15, 0.2) is 5.82 Å². The van der Waals surface area contributed by atoms with E-state index in [2.05, 4.69) is 10.1 Å². The first-order valence-electron chi connectivity index (χ1n) is 5.56. The summed E-state index contributed by atoms with van der Waals surface area (Å²) in [7, 11) is 0. The van der Waals surface area contributed by atoms with Crippen molar-refractivity contribution in [2.24, 2.45) is 0 Å². The lowest BCUT2D eigenvalue weighted by molar-refractivity contribution is -0.00754. The van der Waals surface area contributed by atoms with E-state index >= 15 is 0 Å². The number of aliphatic hydroxyl groups is 1. The Morgan fingerprint density at radius 3 is 2.84 bits per heavy atom. The molecule has 1 atom stereocenters. The molecule has 0 bridgehead atoms. The van der Waals surface area contributed by atoms with Gasteiger partial charge in [0.05, 0.1) is 6.42 Å². The summed E-state index contributed by atoms with van der Waals surface area (Å²) in [4.78, 5) is 3.94. The third-order valence-electron chi connectivity index (χ3n) is 2.44. The Kier molecular flexibility index (Phi) is 4.44. The Morgan fingerprint density at radius 1 is 1.37 bits per heavy atom. The van der Waals surface area contributed by atoms with Crippen LogP contribution in [0.25, 0.3) is 0 Å². The number of nitrogens with zero attached hydrogens (tertiary/aromatic N) is 2. The largest absolute Gasteiger partial charge is 0.387 e. The molecule has 19 heavy (non-hydrogen) atoms. The van der Waals surface area contributed by atoms with Gasteiger partial charge in [0, 0.05) is 11.4 Å². The SMILES string of the molecule is OC(Cc1nc(Cc2cccc(Cl)c2)no1)C(F)F. The molecule has 7 heteroatoms. The normalized spacial score (nSPS) is 12.9. The van der Waals surface area contributed by atoms with Crippen LogP contribution in [0.15, 0.2) is 28.8 Å². The molecule has 0 radical (unpaired) electrons. The summed E-state index contributed by atoms with van der Waals surface area (Å²) in [6.45, 7) is 0. The van der Waals surface area contributed by atoms with Crippen LogP contribution in [-0.4, -0.2) is 27.8 Å². The Hall–Kier alpha value is -1.53. The van der Waals surface area contributed by atoms with Crippen molar-refractivity contribution in [1.29, 1.82) is 0 Å². The molecule has 0 saturated heterocycles. The maximum absolute atomic E-state index is 12.2. The molecule has 0 saturated carbocycles. The van der Waals surface area contributed by atoms with Crippen LogP contribution in [0.2, 0.25) is 5.02 Å². The summed E-state index contributed by atoms with van der Waals surface area (Å²) < 4.78 is 29.1. The first kappa shape index (κ1) is 13.9. The zero-order valence-electron chi connectivity index (χ0n) is 9.76. The van der Waals surface area contributed by atoms with Gasteiger partial charge >= 0.3 is 0 Å². The van der Waals surface area contributed by atoms with Crippen molar-refractivity contribution in [3.05, 3.63) is 46.6 Å². The smallest absolute Gasteiger partial charge is 0.264 e. The van der Waals surface area contributed by atoms with Gasteiger partial charge in [-0.15, -0.1) is 0 Å². The number of hydrogen-bond acceptors (Lipinski definition) is 4. The average molecular weight is 289 g/mol. The Balaban J connectivity index is 2.01. The molecule has 0 aliphatic carbocycles. The highest BCUT2D eigenvalue weighted by molar-refractivity contribution is 6.30. The van der Waals surface area contributed by atoms with Gasteiger partial charge in [-0.1, -0.05) is 28.9 Å². The fraction of sp³-hybridized carbons (Fsp3) is 0.333. The first-order valence-corrected chi connectivity index (χ1v) is 5.94. The molecule has 1 unspecified atom stereocenters. The summed E-state index contributed by atoms with van der Waals surface area (Å²) in [5, 5.41) is 13.3. The van der Waals surface area contributed by atoms with Crippen molar-refractivity contribution in [3.8, 4) is 0 Å². The van der Waals surface area contributed by atoms with Crippen molar-refractivity contribution in [1.82, 2.24) is 10.1 Å². The van der Waals surface area contributed by atoms with Gasteiger partial charge in [-0.2, -0.15) is 4.98 Å². The molecular weight excluding hydrogens is 278 g/mol. The van der Waals surface area contributed by atoms with Gasteiger partial charge in [0.2, 0.25) is 5.89 Å². The number of benzene rings is 1. The fourth-order valence-corrected chi connectivity index (χ4v) is 1.76. The number of halogens is 3. The Bertz CT molecular complexity index is 548. The number of alkyl halides is 2. The van der Waals surface area contributed by atoms with E-state index in [4.69, 9.17) is 21.2 Å². The second kappa shape index (κ2) is 6.08. The van der Waals surface area contributed by atoms with Crippen LogP contribution in [-0.2, 0) is 12.8 Å². The minimum absolute atomic E-state index is 0.00942. The third kappa shape index (κ3) is 3.97. The van der Waals surface area contributed by atoms with Gasteiger partial charge in [-0.25, -0.2) is 8.78 Å². The summed E-state index contributed by atoms with van der Waals surface area (Å²) in [6, 6.07) is 7.13. The minimum Gasteiger partial charge on any atom is -0.387 e. The molecule has 1 aromatic heterocycles. The van der Waals surface area contributed by atoms with Gasteiger partial charge < -0.3 is 9.63 Å². The molecule has 2 rings (SSSR count). The quantitative estimate of drug-likeness (QED) is 0.918. The zero-order chi connectivity index (χ0) is 13.8. The molecule has 1 heterocycles. The molecule has 1 N–H and O–H groups in total. The zero-order valence-corrected chi connectivity index (χ0v) is 10.5. The van der Waals surface area contributed by atoms with Crippen LogP contribution in [0.1, 0.15) is 17.3 Å². The lowest BCUT2D eigenvalue weighted by Gasteiger charge is -2.04. The molecule has 2 aromatic rings. The molecule has 0 fully saturated rings. The first-order chi connectivity index (χ1) is 9.04. The second-order valence-corrected chi connectivity index (χ2v) is 4.45. The summed E-state index contributed by atoms with van der Waals surface area (Å²) >= 11 is 5.84. The number of aliphatic hydroxyl groups excluding tert-OH is 1. The van der Waals surface area contributed by atoms with Crippen molar-refractivity contribution < 1.29 is 18.4 Å². The predicted molar refractivity (Wildman–Crippen MR) is 64.3 cm³/mol. The van der Waals surface area contributed by atoms with Crippen molar-refractivity contribution >= 4 is 11.6 Å². The number of hydrogen-bond donors (Lipinski definition) is 1. The van der Waals surface area contributed by atoms with E-state index in [-0.39, 0.29) is 12.3 Å². The molecule has 0 spiro atoms.